The van der Waals surface area contributed by atoms with Crippen LogP contribution in [0.4, 0.5) is 0 Å². The molecule has 2 aromatic heterocycles. The van der Waals surface area contributed by atoms with E-state index in [1.165, 1.54) is 27.6 Å². The lowest BCUT2D eigenvalue weighted by Gasteiger charge is -2.25. The van der Waals surface area contributed by atoms with Gasteiger partial charge in [0, 0.05) is 30.7 Å². The molecule has 8 heteroatoms. The van der Waals surface area contributed by atoms with Gasteiger partial charge in [0.1, 0.15) is 5.39 Å². The monoisotopic (exact) mass is 369 g/mol. The summed E-state index contributed by atoms with van der Waals surface area (Å²) in [5.74, 6) is 0.929. The Morgan fingerprint density at radius 3 is 3.12 bits per heavy atom. The second-order valence-corrected chi connectivity index (χ2v) is 7.43. The molecule has 0 spiro atoms. The molecule has 3 heterocycles. The number of carbonyl (C=O) groups is 1. The molecule has 1 N–H and O–H groups in total. The molecule has 26 heavy (non-hydrogen) atoms. The van der Waals surface area contributed by atoms with E-state index in [1.807, 2.05) is 23.9 Å². The van der Waals surface area contributed by atoms with E-state index in [2.05, 4.69) is 27.5 Å². The first-order chi connectivity index (χ1) is 12.6. The summed E-state index contributed by atoms with van der Waals surface area (Å²) in [6, 6.07) is 8.21. The number of aryl methyl sites for hydroxylation is 2. The van der Waals surface area contributed by atoms with Gasteiger partial charge in [0.25, 0.3) is 5.56 Å². The highest BCUT2D eigenvalue weighted by atomic mass is 32.2. The van der Waals surface area contributed by atoms with Gasteiger partial charge < -0.3 is 5.32 Å². The maximum Gasteiger partial charge on any atom is 0.264 e. The van der Waals surface area contributed by atoms with Crippen molar-refractivity contribution in [2.75, 3.05) is 5.75 Å². The van der Waals surface area contributed by atoms with Crippen LogP contribution in [0, 0.1) is 0 Å². The zero-order valence-electron chi connectivity index (χ0n) is 14.4. The summed E-state index contributed by atoms with van der Waals surface area (Å²) < 4.78 is 3.03. The fraction of sp³-hybridized carbons (Fsp3) is 0.333. The van der Waals surface area contributed by atoms with Crippen LogP contribution in [-0.4, -0.2) is 31.0 Å². The van der Waals surface area contributed by atoms with Gasteiger partial charge in [0.2, 0.25) is 5.91 Å². The van der Waals surface area contributed by atoms with Gasteiger partial charge >= 0.3 is 0 Å². The van der Waals surface area contributed by atoms with Crippen molar-refractivity contribution >= 4 is 28.7 Å². The van der Waals surface area contributed by atoms with Crippen LogP contribution in [0.5, 0.6) is 0 Å². The van der Waals surface area contributed by atoms with Crippen LogP contribution in [0.3, 0.4) is 0 Å². The first kappa shape index (κ1) is 16.8. The molecule has 4 rings (SSSR count). The average Bonchev–Trinajstić information content (AvgIpc) is 3.03. The van der Waals surface area contributed by atoms with Crippen molar-refractivity contribution < 1.29 is 4.79 Å². The smallest absolute Gasteiger partial charge is 0.264 e. The summed E-state index contributed by atoms with van der Waals surface area (Å²) >= 11 is 1.82. The zero-order valence-corrected chi connectivity index (χ0v) is 15.2. The Kier molecular flexibility index (Phi) is 4.50. The highest BCUT2D eigenvalue weighted by Gasteiger charge is 2.21. The summed E-state index contributed by atoms with van der Waals surface area (Å²) in [6.07, 6.45) is 4.14. The summed E-state index contributed by atoms with van der Waals surface area (Å²) in [7, 11) is 1.74. The molecule has 0 saturated carbocycles. The normalized spacial score (nSPS) is 16.4. The van der Waals surface area contributed by atoms with Crippen molar-refractivity contribution in [3.05, 3.63) is 52.7 Å². The van der Waals surface area contributed by atoms with E-state index >= 15 is 0 Å². The lowest BCUT2D eigenvalue weighted by atomic mass is 10.0. The van der Waals surface area contributed by atoms with Crippen molar-refractivity contribution in [2.24, 2.45) is 7.05 Å². The van der Waals surface area contributed by atoms with Gasteiger partial charge in [-0.25, -0.2) is 4.98 Å². The predicted octanol–water partition coefficient (Wildman–Crippen LogP) is 1.87. The second-order valence-electron chi connectivity index (χ2n) is 6.29. The van der Waals surface area contributed by atoms with E-state index in [0.717, 1.165) is 12.2 Å². The standard InChI is InChI=1S/C18H19N5O2S/c1-22-17-13(10-20-22)18(25)23(11-19-17)8-6-16(24)21-14-7-9-26-15-5-3-2-4-12(14)15/h2-5,10-11,14H,6-9H2,1H3,(H,21,24). The molecule has 3 aromatic rings. The number of nitrogens with zero attached hydrogens (tertiary/aromatic N) is 4. The molecule has 0 aliphatic carbocycles. The number of carbonyl (C=O) groups excluding carboxylic acids is 1. The molecule has 0 saturated heterocycles. The Morgan fingerprint density at radius 1 is 1.38 bits per heavy atom. The summed E-state index contributed by atoms with van der Waals surface area (Å²) in [6.45, 7) is 0.297. The Morgan fingerprint density at radius 2 is 2.23 bits per heavy atom. The van der Waals surface area contributed by atoms with E-state index in [0.29, 0.717) is 17.6 Å². The van der Waals surface area contributed by atoms with Gasteiger partial charge in [-0.2, -0.15) is 5.10 Å². The zero-order chi connectivity index (χ0) is 18.1. The van der Waals surface area contributed by atoms with Gasteiger partial charge in [-0.1, -0.05) is 18.2 Å². The van der Waals surface area contributed by atoms with E-state index in [9.17, 15) is 9.59 Å². The maximum absolute atomic E-state index is 12.4. The van der Waals surface area contributed by atoms with E-state index in [4.69, 9.17) is 0 Å². The van der Waals surface area contributed by atoms with Gasteiger partial charge in [0.15, 0.2) is 5.65 Å². The third kappa shape index (κ3) is 3.12. The van der Waals surface area contributed by atoms with Crippen LogP contribution in [0.25, 0.3) is 11.0 Å². The summed E-state index contributed by atoms with van der Waals surface area (Å²) in [4.78, 5) is 30.3. The van der Waals surface area contributed by atoms with Crippen molar-refractivity contribution in [1.29, 1.82) is 0 Å². The molecule has 1 atom stereocenters. The number of hydrogen-bond donors (Lipinski definition) is 1. The minimum absolute atomic E-state index is 0.0376. The topological polar surface area (TPSA) is 81.8 Å². The number of amides is 1. The first-order valence-electron chi connectivity index (χ1n) is 8.52. The quantitative estimate of drug-likeness (QED) is 0.759. The van der Waals surface area contributed by atoms with Gasteiger partial charge in [-0.15, -0.1) is 11.8 Å². The molecular weight excluding hydrogens is 350 g/mol. The number of hydrogen-bond acceptors (Lipinski definition) is 5. The van der Waals surface area contributed by atoms with E-state index in [-0.39, 0.29) is 23.9 Å². The molecular formula is C18H19N5O2S. The molecule has 7 nitrogen and oxygen atoms in total. The first-order valence-corrected chi connectivity index (χ1v) is 9.50. The molecule has 1 aliphatic rings. The number of nitrogens with one attached hydrogen (secondary N) is 1. The SMILES string of the molecule is Cn1ncc2c(=O)n(CCC(=O)NC3CCSc4ccccc43)cnc21. The average molecular weight is 369 g/mol. The third-order valence-electron chi connectivity index (χ3n) is 4.59. The lowest BCUT2D eigenvalue weighted by Crippen LogP contribution is -2.32. The summed E-state index contributed by atoms with van der Waals surface area (Å²) in [5, 5.41) is 7.62. The molecule has 134 valence electrons. The van der Waals surface area contributed by atoms with Crippen LogP contribution in [0.15, 0.2) is 46.5 Å². The van der Waals surface area contributed by atoms with Crippen molar-refractivity contribution in [1.82, 2.24) is 24.6 Å². The number of fused-ring (bicyclic) bond motifs is 2. The van der Waals surface area contributed by atoms with Crippen molar-refractivity contribution in [3.63, 3.8) is 0 Å². The Balaban J connectivity index is 1.44. The predicted molar refractivity (Wildman–Crippen MR) is 100 cm³/mol. The number of thioether (sulfide) groups is 1. The van der Waals surface area contributed by atoms with Crippen molar-refractivity contribution in [2.45, 2.75) is 30.3 Å². The largest absolute Gasteiger partial charge is 0.349 e. The molecule has 0 radical (unpaired) electrons. The number of aromatic nitrogens is 4. The molecule has 1 amide bonds. The highest BCUT2D eigenvalue weighted by molar-refractivity contribution is 7.99. The van der Waals surface area contributed by atoms with Crippen LogP contribution in [0.2, 0.25) is 0 Å². The minimum Gasteiger partial charge on any atom is -0.349 e. The van der Waals surface area contributed by atoms with Crippen LogP contribution < -0.4 is 10.9 Å². The number of rotatable bonds is 4. The fourth-order valence-electron chi connectivity index (χ4n) is 3.21. The second kappa shape index (κ2) is 6.95. The number of benzene rings is 1. The van der Waals surface area contributed by atoms with Gasteiger partial charge in [0.05, 0.1) is 18.6 Å². The fourth-order valence-corrected chi connectivity index (χ4v) is 4.33. The molecule has 1 aromatic carbocycles. The molecule has 1 unspecified atom stereocenters. The van der Waals surface area contributed by atoms with Crippen LogP contribution in [-0.2, 0) is 18.4 Å². The lowest BCUT2D eigenvalue weighted by molar-refractivity contribution is -0.122. The van der Waals surface area contributed by atoms with Crippen molar-refractivity contribution in [3.8, 4) is 0 Å². The highest BCUT2D eigenvalue weighted by Crippen LogP contribution is 2.35. The Labute approximate surface area is 154 Å². The summed E-state index contributed by atoms with van der Waals surface area (Å²) in [5.41, 5.74) is 1.55. The van der Waals surface area contributed by atoms with Gasteiger partial charge in [-0.05, 0) is 18.1 Å². The Bertz CT molecular complexity index is 1030. The molecule has 0 bridgehead atoms. The molecule has 1 aliphatic heterocycles. The van der Waals surface area contributed by atoms with E-state index < -0.39 is 0 Å². The maximum atomic E-state index is 12.4. The molecule has 0 fully saturated rings. The minimum atomic E-state index is -0.171. The van der Waals surface area contributed by atoms with Crippen LogP contribution >= 0.6 is 11.8 Å². The Hall–Kier alpha value is -2.61. The van der Waals surface area contributed by atoms with Crippen LogP contribution in [0.1, 0.15) is 24.4 Å². The third-order valence-corrected chi connectivity index (χ3v) is 5.71. The van der Waals surface area contributed by atoms with E-state index in [1.54, 1.807) is 11.7 Å². The van der Waals surface area contributed by atoms with Gasteiger partial charge in [-0.3, -0.25) is 18.8 Å².